The van der Waals surface area contributed by atoms with E-state index in [1.807, 2.05) is 10.6 Å². The molecule has 28 heavy (non-hydrogen) atoms. The molecular weight excluding hydrogens is 359 g/mol. The van der Waals surface area contributed by atoms with Gasteiger partial charge in [0.25, 0.3) is 0 Å². The Kier molecular flexibility index (Phi) is 8.96. The largest absolute Gasteiger partial charge is 0.396 e. The fourth-order valence-electron chi connectivity index (χ4n) is 3.04. The normalized spacial score (nSPS) is 12.6. The van der Waals surface area contributed by atoms with Gasteiger partial charge in [-0.05, 0) is 30.5 Å². The molecule has 0 saturated heterocycles. The van der Waals surface area contributed by atoms with E-state index in [1.54, 1.807) is 6.07 Å². The van der Waals surface area contributed by atoms with Crippen LogP contribution in [0.2, 0.25) is 0 Å². The molecule has 1 heterocycles. The van der Waals surface area contributed by atoms with E-state index in [-0.39, 0.29) is 18.8 Å². The van der Waals surface area contributed by atoms with Gasteiger partial charge in [0.15, 0.2) is 0 Å². The van der Waals surface area contributed by atoms with Crippen molar-refractivity contribution in [2.45, 2.75) is 52.2 Å². The topological polar surface area (TPSA) is 69.6 Å². The summed E-state index contributed by atoms with van der Waals surface area (Å²) < 4.78 is 27.2. The number of hydrogen-bond donors (Lipinski definition) is 2. The lowest BCUT2D eigenvalue weighted by atomic mass is 10.2. The third-order valence-corrected chi connectivity index (χ3v) is 4.65. The number of nitrogen functional groups attached to an aromatic ring is 1. The summed E-state index contributed by atoms with van der Waals surface area (Å²) in [7, 11) is 0. The van der Waals surface area contributed by atoms with E-state index in [0.717, 1.165) is 42.3 Å². The summed E-state index contributed by atoms with van der Waals surface area (Å²) in [6, 6.07) is 4.94. The number of unbranched alkanes of at least 4 members (excludes halogenated alkanes) is 2. The minimum absolute atomic E-state index is 0.101. The van der Waals surface area contributed by atoms with Crippen LogP contribution in [0.3, 0.4) is 0 Å². The number of hydrogen-bond acceptors (Lipinski definition) is 4. The van der Waals surface area contributed by atoms with Crippen LogP contribution in [0.1, 0.15) is 45.2 Å². The van der Waals surface area contributed by atoms with Gasteiger partial charge >= 0.3 is 0 Å². The molecule has 0 fully saturated rings. The zero-order valence-electron chi connectivity index (χ0n) is 17.0. The van der Waals surface area contributed by atoms with E-state index >= 15 is 0 Å². The van der Waals surface area contributed by atoms with Crippen LogP contribution in [-0.2, 0) is 16.0 Å². The molecule has 1 atom stereocenters. The number of fused-ring (bicyclic) bond motifs is 1. The van der Waals surface area contributed by atoms with Gasteiger partial charge in [0, 0.05) is 30.4 Å². The smallest absolute Gasteiger partial charge is 0.148 e. The first-order chi connectivity index (χ1) is 13.5. The predicted molar refractivity (Wildman–Crippen MR) is 113 cm³/mol. The van der Waals surface area contributed by atoms with Gasteiger partial charge in [-0.25, -0.2) is 4.39 Å². The maximum atomic E-state index is 14.1. The fraction of sp³-hybridized carbons (Fsp3) is 0.545. The highest BCUT2D eigenvalue weighted by atomic mass is 19.1. The first-order valence-electron chi connectivity index (χ1n) is 10.1. The summed E-state index contributed by atoms with van der Waals surface area (Å²) in [6.07, 6.45) is 3.35. The van der Waals surface area contributed by atoms with E-state index < -0.39 is 11.9 Å². The van der Waals surface area contributed by atoms with E-state index in [0.29, 0.717) is 25.3 Å². The van der Waals surface area contributed by atoms with Gasteiger partial charge in [-0.15, -0.1) is 0 Å². The van der Waals surface area contributed by atoms with Crippen LogP contribution in [0.25, 0.3) is 16.5 Å². The van der Waals surface area contributed by atoms with Crippen LogP contribution in [0.5, 0.6) is 0 Å². The molecule has 0 amide bonds. The summed E-state index contributed by atoms with van der Waals surface area (Å²) in [4.78, 5) is 0. The van der Waals surface area contributed by atoms with Crippen LogP contribution in [0.4, 0.5) is 10.1 Å². The zero-order valence-corrected chi connectivity index (χ0v) is 17.0. The standard InChI is InChI=1S/C22H33FN2O3/c1-4-6-8-27-14-16(3)21-11-17-10-20(24)19(23)12-22(17)25(21)13-18(26)15-28-9-7-5-2/h10-12,18,26H,3-9,13-15,24H2,1-2H3. The molecule has 0 aliphatic heterocycles. The van der Waals surface area contributed by atoms with Crippen LogP contribution >= 0.6 is 0 Å². The van der Waals surface area contributed by atoms with Crippen molar-refractivity contribution >= 4 is 22.2 Å². The molecule has 0 radical (unpaired) electrons. The van der Waals surface area contributed by atoms with E-state index in [4.69, 9.17) is 15.2 Å². The number of nitrogens with two attached hydrogens (primary N) is 1. The molecule has 1 aromatic carbocycles. The molecule has 0 aliphatic rings. The first kappa shape index (κ1) is 22.4. The molecule has 2 rings (SSSR count). The number of anilines is 1. The number of aliphatic hydroxyl groups is 1. The molecule has 3 N–H and O–H groups in total. The Bertz CT molecular complexity index is 773. The molecule has 0 aliphatic carbocycles. The minimum Gasteiger partial charge on any atom is -0.396 e. The van der Waals surface area contributed by atoms with Crippen LogP contribution in [-0.4, -0.2) is 42.2 Å². The lowest BCUT2D eigenvalue weighted by Crippen LogP contribution is -2.23. The summed E-state index contributed by atoms with van der Waals surface area (Å²) in [5.41, 5.74) is 8.09. The van der Waals surface area contributed by atoms with Crippen molar-refractivity contribution < 1.29 is 19.0 Å². The van der Waals surface area contributed by atoms with Gasteiger partial charge < -0.3 is 24.9 Å². The minimum atomic E-state index is -0.708. The number of ether oxygens (including phenoxy) is 2. The van der Waals surface area contributed by atoms with Crippen LogP contribution in [0, 0.1) is 5.82 Å². The fourth-order valence-corrected chi connectivity index (χ4v) is 3.04. The average Bonchev–Trinajstić information content (AvgIpc) is 3.00. The maximum Gasteiger partial charge on any atom is 0.148 e. The van der Waals surface area contributed by atoms with Gasteiger partial charge in [-0.3, -0.25) is 0 Å². The number of rotatable bonds is 13. The lowest BCUT2D eigenvalue weighted by Gasteiger charge is -2.17. The highest BCUT2D eigenvalue weighted by Gasteiger charge is 2.17. The average molecular weight is 393 g/mol. The van der Waals surface area contributed by atoms with Crippen molar-refractivity contribution in [3.63, 3.8) is 0 Å². The molecular formula is C22H33FN2O3. The predicted octanol–water partition coefficient (Wildman–Crippen LogP) is 4.37. The van der Waals surface area contributed by atoms with Crippen LogP contribution in [0.15, 0.2) is 24.8 Å². The van der Waals surface area contributed by atoms with Crippen molar-refractivity contribution in [1.29, 1.82) is 0 Å². The Hall–Kier alpha value is -1.89. The molecule has 0 spiro atoms. The van der Waals surface area contributed by atoms with E-state index in [1.165, 1.54) is 6.07 Å². The number of aromatic nitrogens is 1. The van der Waals surface area contributed by atoms with Gasteiger partial charge in [0.1, 0.15) is 5.82 Å². The van der Waals surface area contributed by atoms with Gasteiger partial charge in [-0.2, -0.15) is 0 Å². The Morgan fingerprint density at radius 1 is 1.18 bits per heavy atom. The van der Waals surface area contributed by atoms with Crippen molar-refractivity contribution in [2.75, 3.05) is 32.2 Å². The monoisotopic (exact) mass is 392 g/mol. The molecule has 0 bridgehead atoms. The van der Waals surface area contributed by atoms with Crippen LogP contribution < -0.4 is 5.73 Å². The number of halogens is 1. The Morgan fingerprint density at radius 3 is 2.54 bits per heavy atom. The van der Waals surface area contributed by atoms with Crippen molar-refractivity contribution in [3.8, 4) is 0 Å². The van der Waals surface area contributed by atoms with Gasteiger partial charge in [0.05, 0.1) is 37.1 Å². The van der Waals surface area contributed by atoms with E-state index in [2.05, 4.69) is 20.4 Å². The third-order valence-electron chi connectivity index (χ3n) is 4.65. The SMILES string of the molecule is C=C(COCCCC)c1cc2cc(N)c(F)cc2n1CC(O)COCCCC. The van der Waals surface area contributed by atoms with Crippen molar-refractivity contribution in [3.05, 3.63) is 36.3 Å². The number of nitrogens with zero attached hydrogens (tertiary/aromatic N) is 1. The molecule has 2 aromatic rings. The summed E-state index contributed by atoms with van der Waals surface area (Å²) in [6.45, 7) is 10.5. The molecule has 5 nitrogen and oxygen atoms in total. The highest BCUT2D eigenvalue weighted by molar-refractivity contribution is 5.88. The van der Waals surface area contributed by atoms with Gasteiger partial charge in [0.2, 0.25) is 0 Å². The maximum absolute atomic E-state index is 14.1. The number of benzene rings is 1. The first-order valence-corrected chi connectivity index (χ1v) is 10.1. The molecule has 6 heteroatoms. The van der Waals surface area contributed by atoms with Crippen molar-refractivity contribution in [1.82, 2.24) is 4.57 Å². The Balaban J connectivity index is 2.21. The zero-order chi connectivity index (χ0) is 20.5. The number of aliphatic hydroxyl groups excluding tert-OH is 1. The summed E-state index contributed by atoms with van der Waals surface area (Å²) >= 11 is 0. The second-order valence-corrected chi connectivity index (χ2v) is 7.16. The molecule has 1 aromatic heterocycles. The molecule has 156 valence electrons. The summed E-state index contributed by atoms with van der Waals surface area (Å²) in [5.74, 6) is -0.475. The second-order valence-electron chi connectivity index (χ2n) is 7.16. The van der Waals surface area contributed by atoms with E-state index in [9.17, 15) is 9.50 Å². The summed E-state index contributed by atoms with van der Waals surface area (Å²) in [5, 5.41) is 11.2. The molecule has 1 unspecified atom stereocenters. The van der Waals surface area contributed by atoms with Gasteiger partial charge in [-0.1, -0.05) is 33.3 Å². The molecule has 0 saturated carbocycles. The Morgan fingerprint density at radius 2 is 1.86 bits per heavy atom. The highest BCUT2D eigenvalue weighted by Crippen LogP contribution is 2.28. The second kappa shape index (κ2) is 11.2. The quantitative estimate of drug-likeness (QED) is 0.392. The third kappa shape index (κ3) is 6.06. The lowest BCUT2D eigenvalue weighted by molar-refractivity contribution is 0.0276. The Labute approximate surface area is 166 Å². The van der Waals surface area contributed by atoms with Crippen molar-refractivity contribution in [2.24, 2.45) is 0 Å².